The van der Waals surface area contributed by atoms with Gasteiger partial charge in [-0.25, -0.2) is 0 Å². The quantitative estimate of drug-likeness (QED) is 0.251. The summed E-state index contributed by atoms with van der Waals surface area (Å²) in [6, 6.07) is 16.2. The highest BCUT2D eigenvalue weighted by Gasteiger charge is 2.31. The van der Waals surface area contributed by atoms with Gasteiger partial charge < -0.3 is 24.4 Å². The lowest BCUT2D eigenvalue weighted by atomic mass is 9.92. The number of rotatable bonds is 7. The summed E-state index contributed by atoms with van der Waals surface area (Å²) < 4.78 is 17.4. The van der Waals surface area contributed by atoms with E-state index in [1.165, 1.54) is 12.1 Å². The predicted octanol–water partition coefficient (Wildman–Crippen LogP) is 5.60. The number of methoxy groups -OCH3 is 2. The molecule has 0 saturated carbocycles. The highest BCUT2D eigenvalue weighted by molar-refractivity contribution is 7.80. The van der Waals surface area contributed by atoms with Crippen molar-refractivity contribution in [1.82, 2.24) is 4.90 Å². The molecule has 3 aromatic rings. The van der Waals surface area contributed by atoms with Gasteiger partial charge in [-0.3, -0.25) is 10.1 Å². The van der Waals surface area contributed by atoms with Crippen molar-refractivity contribution >= 4 is 28.7 Å². The van der Waals surface area contributed by atoms with E-state index in [0.29, 0.717) is 35.5 Å². The Hall–Kier alpha value is -3.85. The third kappa shape index (κ3) is 5.52. The normalized spacial score (nSPS) is 14.6. The standard InChI is InChI=1S/C27H29N3O5S/c1-17-11-18(2)13-22(12-17)35-16-24-23-15-26(34-4)25(33-3)14-19(23)9-10-29(24)27(36)28-20-5-7-21(8-6-20)30(31)32/h5-8,11-15,24H,9-10,16H2,1-4H3,(H,28,36). The summed E-state index contributed by atoms with van der Waals surface area (Å²) in [5.41, 5.74) is 5.17. The Bertz CT molecular complexity index is 1260. The first-order valence-corrected chi connectivity index (χ1v) is 12.0. The number of anilines is 1. The second-order valence-corrected chi connectivity index (χ2v) is 9.12. The summed E-state index contributed by atoms with van der Waals surface area (Å²) in [5.74, 6) is 2.13. The van der Waals surface area contributed by atoms with Crippen molar-refractivity contribution in [2.45, 2.75) is 26.3 Å². The molecule has 0 amide bonds. The van der Waals surface area contributed by atoms with Crippen LogP contribution in [0.4, 0.5) is 11.4 Å². The fraction of sp³-hybridized carbons (Fsp3) is 0.296. The second kappa shape index (κ2) is 10.8. The minimum Gasteiger partial charge on any atom is -0.493 e. The average molecular weight is 508 g/mol. The minimum absolute atomic E-state index is 0.0270. The second-order valence-electron chi connectivity index (χ2n) is 8.73. The molecule has 0 saturated heterocycles. The molecule has 1 aliphatic rings. The third-order valence-corrected chi connectivity index (χ3v) is 6.53. The van der Waals surface area contributed by atoms with Gasteiger partial charge in [-0.15, -0.1) is 0 Å². The highest BCUT2D eigenvalue weighted by atomic mass is 32.1. The Morgan fingerprint density at radius 2 is 1.69 bits per heavy atom. The molecule has 1 atom stereocenters. The van der Waals surface area contributed by atoms with E-state index in [9.17, 15) is 10.1 Å². The first-order valence-electron chi connectivity index (χ1n) is 11.6. The molecule has 1 heterocycles. The Morgan fingerprint density at radius 3 is 2.31 bits per heavy atom. The van der Waals surface area contributed by atoms with Crippen molar-refractivity contribution in [1.29, 1.82) is 0 Å². The summed E-state index contributed by atoms with van der Waals surface area (Å²) in [5, 5.41) is 14.7. The van der Waals surface area contributed by atoms with E-state index in [2.05, 4.69) is 16.3 Å². The zero-order valence-electron chi connectivity index (χ0n) is 20.7. The van der Waals surface area contributed by atoms with Gasteiger partial charge >= 0.3 is 0 Å². The van der Waals surface area contributed by atoms with Gasteiger partial charge in [0, 0.05) is 24.4 Å². The lowest BCUT2D eigenvalue weighted by molar-refractivity contribution is -0.384. The van der Waals surface area contributed by atoms with Crippen molar-refractivity contribution in [2.75, 3.05) is 32.7 Å². The van der Waals surface area contributed by atoms with Crippen LogP contribution in [0.15, 0.2) is 54.6 Å². The van der Waals surface area contributed by atoms with Gasteiger partial charge in [-0.1, -0.05) is 6.07 Å². The lowest BCUT2D eigenvalue weighted by Crippen LogP contribution is -2.44. The fourth-order valence-corrected chi connectivity index (χ4v) is 4.84. The SMILES string of the molecule is COc1cc2c(cc1OC)C(COc1cc(C)cc(C)c1)N(C(=S)Nc1ccc([N+](=O)[O-])cc1)CC2. The number of benzene rings is 3. The molecule has 1 N–H and O–H groups in total. The Balaban J connectivity index is 1.64. The van der Waals surface area contributed by atoms with E-state index in [1.54, 1.807) is 26.4 Å². The molecule has 1 aliphatic heterocycles. The molecule has 8 nitrogen and oxygen atoms in total. The molecule has 0 bridgehead atoms. The highest BCUT2D eigenvalue weighted by Crippen LogP contribution is 2.39. The molecule has 3 aromatic carbocycles. The average Bonchev–Trinajstić information content (AvgIpc) is 2.85. The van der Waals surface area contributed by atoms with Crippen LogP contribution < -0.4 is 19.5 Å². The fourth-order valence-electron chi connectivity index (χ4n) is 4.50. The van der Waals surface area contributed by atoms with Gasteiger partial charge in [0.15, 0.2) is 16.6 Å². The van der Waals surface area contributed by atoms with E-state index in [0.717, 1.165) is 34.4 Å². The summed E-state index contributed by atoms with van der Waals surface area (Å²) in [6.45, 7) is 5.13. The van der Waals surface area contributed by atoms with Crippen molar-refractivity contribution in [3.8, 4) is 17.2 Å². The number of nitrogens with one attached hydrogen (secondary N) is 1. The molecular formula is C27H29N3O5S. The van der Waals surface area contributed by atoms with Gasteiger partial charge in [-0.2, -0.15) is 0 Å². The minimum atomic E-state index is -0.425. The number of hydrogen-bond acceptors (Lipinski definition) is 6. The van der Waals surface area contributed by atoms with Gasteiger partial charge in [0.05, 0.1) is 25.2 Å². The number of aryl methyl sites for hydroxylation is 2. The first kappa shape index (κ1) is 25.2. The van der Waals surface area contributed by atoms with Crippen LogP contribution in [0.3, 0.4) is 0 Å². The van der Waals surface area contributed by atoms with Crippen LogP contribution in [0.25, 0.3) is 0 Å². The van der Waals surface area contributed by atoms with Crippen molar-refractivity contribution < 1.29 is 19.1 Å². The summed E-state index contributed by atoms with van der Waals surface area (Å²) in [4.78, 5) is 12.7. The maximum Gasteiger partial charge on any atom is 0.269 e. The van der Waals surface area contributed by atoms with E-state index >= 15 is 0 Å². The topological polar surface area (TPSA) is 86.1 Å². The summed E-state index contributed by atoms with van der Waals surface area (Å²) >= 11 is 5.80. The number of nitro benzene ring substituents is 1. The lowest BCUT2D eigenvalue weighted by Gasteiger charge is -2.39. The molecule has 0 spiro atoms. The number of non-ortho nitro benzene ring substituents is 1. The van der Waals surface area contributed by atoms with E-state index < -0.39 is 4.92 Å². The van der Waals surface area contributed by atoms with Crippen molar-refractivity contribution in [3.63, 3.8) is 0 Å². The monoisotopic (exact) mass is 507 g/mol. The number of ether oxygens (including phenoxy) is 3. The van der Waals surface area contributed by atoms with Crippen molar-refractivity contribution in [3.05, 3.63) is 87.0 Å². The number of nitro groups is 1. The summed E-state index contributed by atoms with van der Waals surface area (Å²) in [6.07, 6.45) is 0.762. The molecule has 188 valence electrons. The molecule has 36 heavy (non-hydrogen) atoms. The van der Waals surface area contributed by atoms with Gasteiger partial charge in [-0.05, 0) is 91.1 Å². The number of thiocarbonyl (C=S) groups is 1. The molecule has 4 rings (SSSR count). The molecule has 0 aliphatic carbocycles. The Morgan fingerprint density at radius 1 is 1.06 bits per heavy atom. The van der Waals surface area contributed by atoms with Crippen LogP contribution >= 0.6 is 12.2 Å². The van der Waals surface area contributed by atoms with Crippen LogP contribution in [-0.4, -0.2) is 42.3 Å². The number of nitrogens with zero attached hydrogens (tertiary/aromatic N) is 2. The molecule has 0 fully saturated rings. The van der Waals surface area contributed by atoms with Gasteiger partial charge in [0.1, 0.15) is 12.4 Å². The maximum atomic E-state index is 11.0. The van der Waals surface area contributed by atoms with E-state index in [1.807, 2.05) is 38.1 Å². The molecular weight excluding hydrogens is 478 g/mol. The van der Waals surface area contributed by atoms with Crippen LogP contribution in [0, 0.1) is 24.0 Å². The zero-order valence-corrected chi connectivity index (χ0v) is 21.6. The van der Waals surface area contributed by atoms with Crippen LogP contribution in [0.5, 0.6) is 17.2 Å². The molecule has 9 heteroatoms. The number of fused-ring (bicyclic) bond motifs is 1. The van der Waals surface area contributed by atoms with Crippen LogP contribution in [-0.2, 0) is 6.42 Å². The maximum absolute atomic E-state index is 11.0. The van der Waals surface area contributed by atoms with E-state index in [4.69, 9.17) is 26.4 Å². The van der Waals surface area contributed by atoms with E-state index in [-0.39, 0.29) is 11.7 Å². The zero-order chi connectivity index (χ0) is 25.8. The van der Waals surface area contributed by atoms with Gasteiger partial charge in [0.25, 0.3) is 5.69 Å². The summed E-state index contributed by atoms with van der Waals surface area (Å²) in [7, 11) is 3.25. The molecule has 0 radical (unpaired) electrons. The number of hydrogen-bond donors (Lipinski definition) is 1. The predicted molar refractivity (Wildman–Crippen MR) is 143 cm³/mol. The largest absolute Gasteiger partial charge is 0.493 e. The van der Waals surface area contributed by atoms with Crippen molar-refractivity contribution in [2.24, 2.45) is 0 Å². The molecule has 0 aromatic heterocycles. The van der Waals surface area contributed by atoms with Gasteiger partial charge in [0.2, 0.25) is 0 Å². The first-order chi connectivity index (χ1) is 17.3. The molecule has 1 unspecified atom stereocenters. The Labute approximate surface area is 215 Å². The smallest absolute Gasteiger partial charge is 0.269 e. The van der Waals surface area contributed by atoms with Crippen LogP contribution in [0.2, 0.25) is 0 Å². The van der Waals surface area contributed by atoms with Crippen LogP contribution in [0.1, 0.15) is 28.3 Å². The third-order valence-electron chi connectivity index (χ3n) is 6.20. The Kier molecular flexibility index (Phi) is 7.59.